The number of halogens is 1. The number of carbonyl (C=O) groups is 1. The molecule has 1 aliphatic rings. The smallest absolute Gasteiger partial charge is 0.224 e. The van der Waals surface area contributed by atoms with Gasteiger partial charge in [-0.2, -0.15) is 0 Å². The van der Waals surface area contributed by atoms with Crippen LogP contribution in [0.25, 0.3) is 0 Å². The van der Waals surface area contributed by atoms with Crippen LogP contribution in [0.4, 0.5) is 0 Å². The van der Waals surface area contributed by atoms with E-state index >= 15 is 0 Å². The van der Waals surface area contributed by atoms with Crippen molar-refractivity contribution in [3.8, 4) is 5.75 Å². The Morgan fingerprint density at radius 2 is 2.05 bits per heavy atom. The molecule has 0 unspecified atom stereocenters. The van der Waals surface area contributed by atoms with Crippen molar-refractivity contribution in [3.05, 3.63) is 28.8 Å². The molecule has 1 aliphatic carbocycles. The van der Waals surface area contributed by atoms with E-state index in [9.17, 15) is 4.79 Å². The van der Waals surface area contributed by atoms with E-state index in [1.807, 2.05) is 12.1 Å². The number of amides is 1. The van der Waals surface area contributed by atoms with Crippen molar-refractivity contribution in [3.63, 3.8) is 0 Å². The summed E-state index contributed by atoms with van der Waals surface area (Å²) < 4.78 is 5.27. The molecule has 0 bridgehead atoms. The van der Waals surface area contributed by atoms with Crippen LogP contribution in [0, 0.1) is 5.92 Å². The summed E-state index contributed by atoms with van der Waals surface area (Å²) in [5.74, 6) is 1.48. The van der Waals surface area contributed by atoms with Gasteiger partial charge in [0.2, 0.25) is 5.91 Å². The zero-order valence-electron chi connectivity index (χ0n) is 12.1. The highest BCUT2D eigenvalue weighted by molar-refractivity contribution is 6.31. The first-order valence-corrected chi connectivity index (χ1v) is 7.58. The minimum absolute atomic E-state index is 0.0240. The highest BCUT2D eigenvalue weighted by Crippen LogP contribution is 2.27. The molecule has 0 radical (unpaired) electrons. The largest absolute Gasteiger partial charge is 0.496 e. The lowest BCUT2D eigenvalue weighted by atomic mass is 9.87. The van der Waals surface area contributed by atoms with Gasteiger partial charge in [0.1, 0.15) is 5.75 Å². The highest BCUT2D eigenvalue weighted by atomic mass is 35.5. The Morgan fingerprint density at radius 3 is 2.70 bits per heavy atom. The summed E-state index contributed by atoms with van der Waals surface area (Å²) in [6, 6.07) is 5.75. The third-order valence-electron chi connectivity index (χ3n) is 4.01. The van der Waals surface area contributed by atoms with Crippen molar-refractivity contribution in [2.75, 3.05) is 7.11 Å². The van der Waals surface area contributed by atoms with Crippen LogP contribution in [0.2, 0.25) is 5.02 Å². The van der Waals surface area contributed by atoms with E-state index in [1.54, 1.807) is 13.2 Å². The van der Waals surface area contributed by atoms with Crippen molar-refractivity contribution in [1.82, 2.24) is 5.32 Å². The zero-order valence-corrected chi connectivity index (χ0v) is 12.9. The van der Waals surface area contributed by atoms with Crippen LogP contribution >= 0.6 is 11.6 Å². The van der Waals surface area contributed by atoms with Crippen molar-refractivity contribution in [2.45, 2.75) is 45.1 Å². The summed E-state index contributed by atoms with van der Waals surface area (Å²) in [6.45, 7) is 2.27. The van der Waals surface area contributed by atoms with Crippen LogP contribution in [0.3, 0.4) is 0 Å². The molecule has 1 aromatic rings. The number of methoxy groups -OCH3 is 1. The fraction of sp³-hybridized carbons (Fsp3) is 0.562. The Kier molecular flexibility index (Phi) is 5.30. The third kappa shape index (κ3) is 3.89. The van der Waals surface area contributed by atoms with Crippen molar-refractivity contribution in [2.24, 2.45) is 5.92 Å². The van der Waals surface area contributed by atoms with Gasteiger partial charge in [-0.3, -0.25) is 4.79 Å². The van der Waals surface area contributed by atoms with Gasteiger partial charge in [-0.15, -0.1) is 0 Å². The van der Waals surface area contributed by atoms with Gasteiger partial charge in [0.05, 0.1) is 13.5 Å². The number of benzene rings is 1. The normalized spacial score (nSPS) is 22.4. The average Bonchev–Trinajstić information content (AvgIpc) is 2.43. The number of ether oxygens (including phenoxy) is 1. The fourth-order valence-electron chi connectivity index (χ4n) is 2.75. The van der Waals surface area contributed by atoms with E-state index in [0.717, 1.165) is 24.3 Å². The van der Waals surface area contributed by atoms with Gasteiger partial charge in [0.15, 0.2) is 0 Å². The molecule has 0 atom stereocenters. The number of hydrogen-bond donors (Lipinski definition) is 1. The number of carbonyl (C=O) groups excluding carboxylic acids is 1. The molecule has 20 heavy (non-hydrogen) atoms. The summed E-state index contributed by atoms with van der Waals surface area (Å²) in [5, 5.41) is 3.69. The Hall–Kier alpha value is -1.22. The maximum atomic E-state index is 12.2. The Labute approximate surface area is 125 Å². The molecule has 0 heterocycles. The van der Waals surface area contributed by atoms with Crippen LogP contribution in [-0.4, -0.2) is 19.1 Å². The van der Waals surface area contributed by atoms with Gasteiger partial charge in [0, 0.05) is 16.6 Å². The molecule has 1 saturated carbocycles. The lowest BCUT2D eigenvalue weighted by Crippen LogP contribution is -2.38. The molecule has 0 saturated heterocycles. The lowest BCUT2D eigenvalue weighted by Gasteiger charge is -2.27. The van der Waals surface area contributed by atoms with Gasteiger partial charge < -0.3 is 10.1 Å². The summed E-state index contributed by atoms with van der Waals surface area (Å²) >= 11 is 6.15. The van der Waals surface area contributed by atoms with E-state index in [1.165, 1.54) is 12.8 Å². The predicted octanol–water partition coefficient (Wildman–Crippen LogP) is 3.59. The van der Waals surface area contributed by atoms with E-state index in [4.69, 9.17) is 16.3 Å². The molecule has 1 amide bonds. The number of hydrogen-bond acceptors (Lipinski definition) is 2. The summed E-state index contributed by atoms with van der Waals surface area (Å²) in [6.07, 6.45) is 4.81. The molecule has 0 aliphatic heterocycles. The molecule has 1 N–H and O–H groups in total. The molecule has 0 aromatic heterocycles. The minimum Gasteiger partial charge on any atom is -0.496 e. The second-order valence-corrected chi connectivity index (χ2v) is 6.03. The maximum absolute atomic E-state index is 12.2. The number of rotatable bonds is 4. The summed E-state index contributed by atoms with van der Waals surface area (Å²) in [4.78, 5) is 12.2. The predicted molar refractivity (Wildman–Crippen MR) is 81.3 cm³/mol. The van der Waals surface area contributed by atoms with Crippen molar-refractivity contribution in [1.29, 1.82) is 0 Å². The van der Waals surface area contributed by atoms with Gasteiger partial charge >= 0.3 is 0 Å². The van der Waals surface area contributed by atoms with Gasteiger partial charge in [-0.05, 0) is 43.7 Å². The quantitative estimate of drug-likeness (QED) is 0.922. The van der Waals surface area contributed by atoms with Crippen LogP contribution < -0.4 is 10.1 Å². The SMILES string of the molecule is COc1cccc(Cl)c1CC(=O)NC1CCC(C)CC1. The first-order chi connectivity index (χ1) is 9.60. The summed E-state index contributed by atoms with van der Waals surface area (Å²) in [5.41, 5.74) is 0.762. The monoisotopic (exact) mass is 295 g/mol. The standard InChI is InChI=1S/C16H22ClNO2/c1-11-6-8-12(9-7-11)18-16(19)10-13-14(17)4-3-5-15(13)20-2/h3-5,11-12H,6-10H2,1-2H3,(H,18,19). The topological polar surface area (TPSA) is 38.3 Å². The fourth-order valence-corrected chi connectivity index (χ4v) is 2.98. The van der Waals surface area contributed by atoms with Crippen LogP contribution in [0.15, 0.2) is 18.2 Å². The van der Waals surface area contributed by atoms with Crippen molar-refractivity contribution >= 4 is 17.5 Å². The van der Waals surface area contributed by atoms with Crippen molar-refractivity contribution < 1.29 is 9.53 Å². The second-order valence-electron chi connectivity index (χ2n) is 5.62. The first-order valence-electron chi connectivity index (χ1n) is 7.21. The molecule has 110 valence electrons. The van der Waals surface area contributed by atoms with E-state index < -0.39 is 0 Å². The van der Waals surface area contributed by atoms with Crippen LogP contribution in [0.1, 0.15) is 38.2 Å². The average molecular weight is 296 g/mol. The van der Waals surface area contributed by atoms with Crippen LogP contribution in [-0.2, 0) is 11.2 Å². The maximum Gasteiger partial charge on any atom is 0.224 e. The van der Waals surface area contributed by atoms with E-state index in [0.29, 0.717) is 16.8 Å². The van der Waals surface area contributed by atoms with Gasteiger partial charge in [-0.1, -0.05) is 24.6 Å². The summed E-state index contributed by atoms with van der Waals surface area (Å²) in [7, 11) is 1.59. The molecule has 0 spiro atoms. The first kappa shape index (κ1) is 15.2. The Balaban J connectivity index is 1.95. The second kappa shape index (κ2) is 6.98. The Morgan fingerprint density at radius 1 is 1.35 bits per heavy atom. The lowest BCUT2D eigenvalue weighted by molar-refractivity contribution is -0.121. The highest BCUT2D eigenvalue weighted by Gasteiger charge is 2.20. The van der Waals surface area contributed by atoms with E-state index in [-0.39, 0.29) is 12.3 Å². The van der Waals surface area contributed by atoms with Crippen LogP contribution in [0.5, 0.6) is 5.75 Å². The third-order valence-corrected chi connectivity index (χ3v) is 4.37. The molecule has 1 aromatic carbocycles. The van der Waals surface area contributed by atoms with Gasteiger partial charge in [-0.25, -0.2) is 0 Å². The minimum atomic E-state index is 0.0240. The van der Waals surface area contributed by atoms with Gasteiger partial charge in [0.25, 0.3) is 0 Å². The Bertz CT molecular complexity index is 468. The molecular weight excluding hydrogens is 274 g/mol. The molecule has 1 fully saturated rings. The molecular formula is C16H22ClNO2. The molecule has 3 nitrogen and oxygen atoms in total. The number of nitrogens with one attached hydrogen (secondary N) is 1. The van der Waals surface area contributed by atoms with E-state index in [2.05, 4.69) is 12.2 Å². The molecule has 4 heteroatoms. The zero-order chi connectivity index (χ0) is 14.5. The molecule has 2 rings (SSSR count).